The van der Waals surface area contributed by atoms with Gasteiger partial charge in [-0.05, 0) is 19.1 Å². The van der Waals surface area contributed by atoms with Crippen molar-refractivity contribution < 1.29 is 19.4 Å². The average molecular weight is 261 g/mol. The summed E-state index contributed by atoms with van der Waals surface area (Å²) in [5, 5.41) is 18.7. The number of methoxy groups -OCH3 is 1. The lowest BCUT2D eigenvalue weighted by atomic mass is 10.1. The molecule has 0 heterocycles. The molecule has 0 unspecified atom stereocenters. The van der Waals surface area contributed by atoms with Crippen molar-refractivity contribution in [1.82, 2.24) is 0 Å². The summed E-state index contributed by atoms with van der Waals surface area (Å²) in [6.45, 7) is 2.22. The van der Waals surface area contributed by atoms with Gasteiger partial charge in [0.15, 0.2) is 11.5 Å². The maximum absolute atomic E-state index is 11.5. The molecule has 0 saturated heterocycles. The molecule has 0 aromatic heterocycles. The predicted molar refractivity (Wildman–Crippen MR) is 69.5 cm³/mol. The summed E-state index contributed by atoms with van der Waals surface area (Å²) in [5.41, 5.74) is 0.579. The number of nitrogens with zero attached hydrogens (tertiary/aromatic N) is 1. The topological polar surface area (TPSA) is 79.5 Å². The number of esters is 1. The quantitative estimate of drug-likeness (QED) is 0.649. The molecule has 0 spiro atoms. The highest BCUT2D eigenvalue weighted by Crippen LogP contribution is 2.31. The van der Waals surface area contributed by atoms with Crippen molar-refractivity contribution in [2.45, 2.75) is 13.3 Å². The maximum Gasteiger partial charge on any atom is 0.334 e. The van der Waals surface area contributed by atoms with E-state index in [-0.39, 0.29) is 17.7 Å². The lowest BCUT2D eigenvalue weighted by Crippen LogP contribution is -2.04. The van der Waals surface area contributed by atoms with Crippen LogP contribution in [0.3, 0.4) is 0 Å². The molecular formula is C14H15NO4. The Morgan fingerprint density at radius 2 is 2.26 bits per heavy atom. The minimum Gasteiger partial charge on any atom is -0.504 e. The van der Waals surface area contributed by atoms with Crippen molar-refractivity contribution in [3.63, 3.8) is 0 Å². The van der Waals surface area contributed by atoms with Crippen LogP contribution in [0.4, 0.5) is 0 Å². The second-order valence-corrected chi connectivity index (χ2v) is 3.62. The van der Waals surface area contributed by atoms with Crippen LogP contribution < -0.4 is 4.74 Å². The molecule has 100 valence electrons. The van der Waals surface area contributed by atoms with Gasteiger partial charge in [-0.3, -0.25) is 0 Å². The maximum atomic E-state index is 11.5. The largest absolute Gasteiger partial charge is 0.504 e. The first-order valence-corrected chi connectivity index (χ1v) is 5.74. The molecule has 1 aromatic rings. The normalized spacial score (nSPS) is 10.7. The monoisotopic (exact) mass is 261 g/mol. The number of rotatable bonds is 5. The molecular weight excluding hydrogens is 246 g/mol. The van der Waals surface area contributed by atoms with E-state index in [0.717, 1.165) is 0 Å². The highest BCUT2D eigenvalue weighted by molar-refractivity contribution is 5.94. The summed E-state index contributed by atoms with van der Waals surface area (Å²) >= 11 is 0. The number of hydrogen-bond acceptors (Lipinski definition) is 5. The number of carbonyl (C=O) groups excluding carboxylic acids is 1. The molecule has 0 amide bonds. The zero-order valence-corrected chi connectivity index (χ0v) is 10.8. The molecule has 0 atom stereocenters. The molecule has 0 aliphatic carbocycles. The number of ether oxygens (including phenoxy) is 2. The molecule has 0 bridgehead atoms. The summed E-state index contributed by atoms with van der Waals surface area (Å²) in [4.78, 5) is 11.5. The summed E-state index contributed by atoms with van der Waals surface area (Å²) in [6, 6.07) is 6.82. The summed E-state index contributed by atoms with van der Waals surface area (Å²) in [7, 11) is 1.24. The van der Waals surface area contributed by atoms with Crippen molar-refractivity contribution >= 4 is 12.0 Å². The molecule has 0 radical (unpaired) electrons. The van der Waals surface area contributed by atoms with Gasteiger partial charge in [-0.25, -0.2) is 4.79 Å². The molecule has 1 aromatic carbocycles. The van der Waals surface area contributed by atoms with Crippen LogP contribution in [0.15, 0.2) is 23.8 Å². The van der Waals surface area contributed by atoms with Gasteiger partial charge in [0, 0.05) is 5.56 Å². The number of hydrogen-bond donors (Lipinski definition) is 1. The number of carbonyl (C=O) groups is 1. The van der Waals surface area contributed by atoms with Gasteiger partial charge in [0.05, 0.1) is 31.8 Å². The third-order valence-corrected chi connectivity index (χ3v) is 2.38. The number of aromatic hydroxyl groups is 1. The first-order valence-electron chi connectivity index (χ1n) is 5.74. The smallest absolute Gasteiger partial charge is 0.334 e. The van der Waals surface area contributed by atoms with Crippen molar-refractivity contribution in [1.29, 1.82) is 5.26 Å². The predicted octanol–water partition coefficient (Wildman–Crippen LogP) is 2.26. The van der Waals surface area contributed by atoms with Crippen LogP contribution in [0.1, 0.15) is 18.9 Å². The SMILES string of the molecule is CCOc1cccc(/C=C(\CC#N)C(=O)OC)c1O. The average Bonchev–Trinajstić information content (AvgIpc) is 2.42. The van der Waals surface area contributed by atoms with Crippen LogP contribution >= 0.6 is 0 Å². The Morgan fingerprint density at radius 3 is 2.84 bits per heavy atom. The minimum atomic E-state index is -0.595. The molecule has 1 N–H and O–H groups in total. The molecule has 0 fully saturated rings. The van der Waals surface area contributed by atoms with E-state index >= 15 is 0 Å². The number of benzene rings is 1. The van der Waals surface area contributed by atoms with Gasteiger partial charge in [0.25, 0.3) is 0 Å². The van der Waals surface area contributed by atoms with E-state index in [1.807, 2.05) is 6.07 Å². The lowest BCUT2D eigenvalue weighted by Gasteiger charge is -2.08. The summed E-state index contributed by atoms with van der Waals surface area (Å²) < 4.78 is 9.83. The fourth-order valence-corrected chi connectivity index (χ4v) is 1.51. The van der Waals surface area contributed by atoms with E-state index < -0.39 is 5.97 Å². The van der Waals surface area contributed by atoms with Crippen LogP contribution in [-0.4, -0.2) is 24.8 Å². The summed E-state index contributed by atoms with van der Waals surface area (Å²) in [5.74, 6) is -0.330. The lowest BCUT2D eigenvalue weighted by molar-refractivity contribution is -0.136. The molecule has 19 heavy (non-hydrogen) atoms. The first-order chi connectivity index (χ1) is 9.13. The van der Waals surface area contributed by atoms with Crippen LogP contribution in [0.5, 0.6) is 11.5 Å². The van der Waals surface area contributed by atoms with Crippen molar-refractivity contribution in [3.05, 3.63) is 29.3 Å². The Kier molecular flexibility index (Phi) is 5.42. The van der Waals surface area contributed by atoms with Crippen LogP contribution in [0.25, 0.3) is 6.08 Å². The number of nitriles is 1. The number of para-hydroxylation sites is 1. The Morgan fingerprint density at radius 1 is 1.53 bits per heavy atom. The first kappa shape index (κ1) is 14.6. The van der Waals surface area contributed by atoms with E-state index in [1.54, 1.807) is 25.1 Å². The highest BCUT2D eigenvalue weighted by atomic mass is 16.5. The number of phenols is 1. The van der Waals surface area contributed by atoms with E-state index in [4.69, 9.17) is 10.00 Å². The Bertz CT molecular complexity index is 529. The fraction of sp³-hybridized carbons (Fsp3) is 0.286. The highest BCUT2D eigenvalue weighted by Gasteiger charge is 2.12. The van der Waals surface area contributed by atoms with Crippen LogP contribution in [0, 0.1) is 11.3 Å². The Hall–Kier alpha value is -2.48. The second kappa shape index (κ2) is 7.07. The van der Waals surface area contributed by atoms with E-state index in [2.05, 4.69) is 4.74 Å². The standard InChI is InChI=1S/C14H15NO4/c1-3-19-12-6-4-5-10(13(12)16)9-11(7-8-15)14(17)18-2/h4-6,9,16H,3,7H2,1-2H3/b11-9+. The van der Waals surface area contributed by atoms with Gasteiger partial charge < -0.3 is 14.6 Å². The third kappa shape index (κ3) is 3.75. The van der Waals surface area contributed by atoms with Crippen molar-refractivity contribution in [3.8, 4) is 17.6 Å². The molecule has 5 heteroatoms. The Balaban J connectivity index is 3.17. The van der Waals surface area contributed by atoms with Crippen LogP contribution in [-0.2, 0) is 9.53 Å². The molecule has 0 saturated carbocycles. The van der Waals surface area contributed by atoms with Crippen molar-refractivity contribution in [2.24, 2.45) is 0 Å². The van der Waals surface area contributed by atoms with E-state index in [0.29, 0.717) is 17.9 Å². The molecule has 5 nitrogen and oxygen atoms in total. The second-order valence-electron chi connectivity index (χ2n) is 3.62. The van der Waals surface area contributed by atoms with E-state index in [9.17, 15) is 9.90 Å². The Labute approximate surface area is 111 Å². The van der Waals surface area contributed by atoms with Gasteiger partial charge in [-0.1, -0.05) is 12.1 Å². The third-order valence-electron chi connectivity index (χ3n) is 2.38. The van der Waals surface area contributed by atoms with Gasteiger partial charge in [0.1, 0.15) is 0 Å². The van der Waals surface area contributed by atoms with Gasteiger partial charge in [-0.2, -0.15) is 5.26 Å². The fourth-order valence-electron chi connectivity index (χ4n) is 1.51. The molecule has 1 rings (SSSR count). The summed E-state index contributed by atoms with van der Waals surface area (Å²) in [6.07, 6.45) is 1.33. The van der Waals surface area contributed by atoms with E-state index in [1.165, 1.54) is 13.2 Å². The van der Waals surface area contributed by atoms with Crippen LogP contribution in [0.2, 0.25) is 0 Å². The van der Waals surface area contributed by atoms with Gasteiger partial charge in [-0.15, -0.1) is 0 Å². The molecule has 0 aliphatic heterocycles. The molecule has 0 aliphatic rings. The zero-order chi connectivity index (χ0) is 14.3. The van der Waals surface area contributed by atoms with Gasteiger partial charge >= 0.3 is 5.97 Å². The minimum absolute atomic E-state index is 0.0660. The van der Waals surface area contributed by atoms with Gasteiger partial charge in [0.2, 0.25) is 0 Å². The zero-order valence-electron chi connectivity index (χ0n) is 10.8. The van der Waals surface area contributed by atoms with Crippen molar-refractivity contribution in [2.75, 3.05) is 13.7 Å². The number of phenolic OH excluding ortho intramolecular Hbond substituents is 1.